The molecular weight excluding hydrogens is 297 g/mol. The molecule has 0 aliphatic carbocycles. The Morgan fingerprint density at radius 2 is 2.33 bits per heavy atom. The molecule has 110 valence electrons. The highest BCUT2D eigenvalue weighted by atomic mass is 35.5. The van der Waals surface area contributed by atoms with Crippen LogP contribution in [0.4, 0.5) is 10.1 Å². The predicted octanol–water partition coefficient (Wildman–Crippen LogP) is 2.48. The first-order valence-corrected chi connectivity index (χ1v) is 6.92. The minimum Gasteiger partial charge on any atom is -0.369 e. The molecule has 2 heterocycles. The van der Waals surface area contributed by atoms with Crippen molar-refractivity contribution in [2.45, 2.75) is 12.5 Å². The molecular formula is C14H13ClFN3O2. The fourth-order valence-electron chi connectivity index (χ4n) is 2.38. The maximum atomic E-state index is 13.2. The second-order valence-electron chi connectivity index (χ2n) is 4.89. The summed E-state index contributed by atoms with van der Waals surface area (Å²) >= 11 is 5.79. The van der Waals surface area contributed by atoms with Crippen LogP contribution in [0, 0.1) is 5.82 Å². The number of rotatable bonds is 3. The van der Waals surface area contributed by atoms with E-state index in [1.54, 1.807) is 12.1 Å². The molecule has 5 nitrogen and oxygen atoms in total. The minimum absolute atomic E-state index is 0.0121. The summed E-state index contributed by atoms with van der Waals surface area (Å²) in [6.07, 6.45) is 2.16. The highest BCUT2D eigenvalue weighted by Crippen LogP contribution is 2.25. The second kappa shape index (κ2) is 5.73. The van der Waals surface area contributed by atoms with Crippen LogP contribution in [0.1, 0.15) is 16.9 Å². The normalized spacial score (nSPS) is 18.0. The fourth-order valence-corrected chi connectivity index (χ4v) is 2.56. The third kappa shape index (κ3) is 3.00. The van der Waals surface area contributed by atoms with Crippen molar-refractivity contribution in [1.29, 1.82) is 0 Å². The summed E-state index contributed by atoms with van der Waals surface area (Å²) in [5, 5.41) is 6.59. The Balaban J connectivity index is 1.62. The number of carbonyl (C=O) groups excluding carboxylic acids is 1. The van der Waals surface area contributed by atoms with E-state index in [9.17, 15) is 9.18 Å². The van der Waals surface area contributed by atoms with Crippen molar-refractivity contribution in [2.24, 2.45) is 0 Å². The number of hydrogen-bond donors (Lipinski definition) is 1. The zero-order valence-electron chi connectivity index (χ0n) is 11.1. The third-order valence-electron chi connectivity index (χ3n) is 3.46. The second-order valence-corrected chi connectivity index (χ2v) is 5.30. The molecule has 1 aromatic carbocycles. The lowest BCUT2D eigenvalue weighted by atomic mass is 10.2. The van der Waals surface area contributed by atoms with Gasteiger partial charge in [0.15, 0.2) is 5.69 Å². The zero-order chi connectivity index (χ0) is 14.8. The molecule has 0 spiro atoms. The lowest BCUT2D eigenvalue weighted by Crippen LogP contribution is -2.37. The van der Waals surface area contributed by atoms with Crippen LogP contribution in [-0.2, 0) is 0 Å². The van der Waals surface area contributed by atoms with Gasteiger partial charge in [-0.25, -0.2) is 4.39 Å². The van der Waals surface area contributed by atoms with Gasteiger partial charge in [0.25, 0.3) is 5.91 Å². The van der Waals surface area contributed by atoms with Gasteiger partial charge in [0.2, 0.25) is 0 Å². The van der Waals surface area contributed by atoms with Gasteiger partial charge in [0.1, 0.15) is 12.1 Å². The molecule has 0 bridgehead atoms. The van der Waals surface area contributed by atoms with E-state index in [1.165, 1.54) is 18.4 Å². The van der Waals surface area contributed by atoms with E-state index in [0.29, 0.717) is 6.54 Å². The number of benzene rings is 1. The van der Waals surface area contributed by atoms with Crippen molar-refractivity contribution in [3.63, 3.8) is 0 Å². The Labute approximate surface area is 125 Å². The van der Waals surface area contributed by atoms with Gasteiger partial charge < -0.3 is 14.7 Å². The molecule has 3 rings (SSSR count). The van der Waals surface area contributed by atoms with Gasteiger partial charge in [0, 0.05) is 30.9 Å². The number of amides is 1. The van der Waals surface area contributed by atoms with Crippen LogP contribution in [0.2, 0.25) is 5.02 Å². The van der Waals surface area contributed by atoms with Crippen molar-refractivity contribution in [2.75, 3.05) is 18.0 Å². The standard InChI is InChI=1S/C14H13ClFN3O2/c15-11-7-10(1-2-12(11)16)19-5-3-9(8-19)17-14(20)13-4-6-21-18-13/h1-2,4,6-7,9H,3,5,8H2,(H,17,20). The topological polar surface area (TPSA) is 58.4 Å². The van der Waals surface area contributed by atoms with Gasteiger partial charge in [-0.1, -0.05) is 16.8 Å². The maximum Gasteiger partial charge on any atom is 0.273 e. The SMILES string of the molecule is O=C(NC1CCN(c2ccc(F)c(Cl)c2)C1)c1ccon1. The van der Waals surface area contributed by atoms with Gasteiger partial charge in [-0.15, -0.1) is 0 Å². The Morgan fingerprint density at radius 1 is 1.48 bits per heavy atom. The van der Waals surface area contributed by atoms with Crippen molar-refractivity contribution in [3.05, 3.63) is 47.1 Å². The maximum absolute atomic E-state index is 13.2. The summed E-state index contributed by atoms with van der Waals surface area (Å²) in [5.41, 5.74) is 1.11. The van der Waals surface area contributed by atoms with Gasteiger partial charge in [-0.3, -0.25) is 4.79 Å². The van der Waals surface area contributed by atoms with Crippen LogP contribution in [0.25, 0.3) is 0 Å². The first kappa shape index (κ1) is 13.9. The van der Waals surface area contributed by atoms with Crippen LogP contribution in [0.15, 0.2) is 35.1 Å². The molecule has 1 aliphatic rings. The molecule has 1 unspecified atom stereocenters. The molecule has 0 saturated carbocycles. The van der Waals surface area contributed by atoms with Crippen molar-refractivity contribution in [1.82, 2.24) is 10.5 Å². The molecule has 0 radical (unpaired) electrons. The minimum atomic E-state index is -0.435. The smallest absolute Gasteiger partial charge is 0.273 e. The van der Waals surface area contributed by atoms with Crippen LogP contribution in [0.3, 0.4) is 0 Å². The number of nitrogens with zero attached hydrogens (tertiary/aromatic N) is 2. The summed E-state index contributed by atoms with van der Waals surface area (Å²) in [6.45, 7) is 1.41. The van der Waals surface area contributed by atoms with Crippen molar-refractivity contribution in [3.8, 4) is 0 Å². The molecule has 1 saturated heterocycles. The fraction of sp³-hybridized carbons (Fsp3) is 0.286. The summed E-state index contributed by atoms with van der Waals surface area (Å²) in [7, 11) is 0. The van der Waals surface area contributed by atoms with Gasteiger partial charge in [0.05, 0.1) is 5.02 Å². The van der Waals surface area contributed by atoms with E-state index in [2.05, 4.69) is 19.9 Å². The Hall–Kier alpha value is -2.08. The number of carbonyl (C=O) groups is 1. The lowest BCUT2D eigenvalue weighted by Gasteiger charge is -2.19. The molecule has 21 heavy (non-hydrogen) atoms. The number of aromatic nitrogens is 1. The van der Waals surface area contributed by atoms with Crippen LogP contribution in [-0.4, -0.2) is 30.2 Å². The van der Waals surface area contributed by atoms with Crippen LogP contribution >= 0.6 is 11.6 Å². The molecule has 2 aromatic rings. The first-order chi connectivity index (χ1) is 10.1. The molecule has 7 heteroatoms. The zero-order valence-corrected chi connectivity index (χ0v) is 11.8. The molecule has 1 amide bonds. The number of anilines is 1. The van der Waals surface area contributed by atoms with Crippen molar-refractivity contribution < 1.29 is 13.7 Å². The molecule has 1 aromatic heterocycles. The Bertz CT molecular complexity index is 648. The summed E-state index contributed by atoms with van der Waals surface area (Å²) in [6, 6.07) is 6.15. The molecule has 1 N–H and O–H groups in total. The molecule has 1 aliphatic heterocycles. The highest BCUT2D eigenvalue weighted by molar-refractivity contribution is 6.31. The van der Waals surface area contributed by atoms with E-state index in [4.69, 9.17) is 11.6 Å². The van der Waals surface area contributed by atoms with E-state index in [1.807, 2.05) is 0 Å². The summed E-state index contributed by atoms with van der Waals surface area (Å²) < 4.78 is 17.8. The first-order valence-electron chi connectivity index (χ1n) is 6.55. The highest BCUT2D eigenvalue weighted by Gasteiger charge is 2.25. The van der Waals surface area contributed by atoms with Crippen LogP contribution in [0.5, 0.6) is 0 Å². The summed E-state index contributed by atoms with van der Waals surface area (Å²) in [5.74, 6) is -0.691. The van der Waals surface area contributed by atoms with Gasteiger partial charge >= 0.3 is 0 Å². The van der Waals surface area contributed by atoms with E-state index in [-0.39, 0.29) is 22.7 Å². The van der Waals surface area contributed by atoms with E-state index < -0.39 is 5.82 Å². The number of hydrogen-bond acceptors (Lipinski definition) is 4. The van der Waals surface area contributed by atoms with Gasteiger partial charge in [-0.2, -0.15) is 0 Å². The number of nitrogens with one attached hydrogen (secondary N) is 1. The summed E-state index contributed by atoms with van der Waals surface area (Å²) in [4.78, 5) is 13.9. The Kier molecular flexibility index (Phi) is 3.79. The van der Waals surface area contributed by atoms with E-state index >= 15 is 0 Å². The van der Waals surface area contributed by atoms with E-state index in [0.717, 1.165) is 18.7 Å². The quantitative estimate of drug-likeness (QED) is 0.946. The van der Waals surface area contributed by atoms with Crippen LogP contribution < -0.4 is 10.2 Å². The Morgan fingerprint density at radius 3 is 3.05 bits per heavy atom. The van der Waals surface area contributed by atoms with Crippen molar-refractivity contribution >= 4 is 23.2 Å². The largest absolute Gasteiger partial charge is 0.369 e. The average molecular weight is 310 g/mol. The molecule has 1 atom stereocenters. The molecule has 1 fully saturated rings. The third-order valence-corrected chi connectivity index (χ3v) is 3.75. The predicted molar refractivity (Wildman–Crippen MR) is 76.0 cm³/mol. The lowest BCUT2D eigenvalue weighted by molar-refractivity contribution is 0.0931. The number of halogens is 2. The average Bonchev–Trinajstić information content (AvgIpc) is 3.12. The van der Waals surface area contributed by atoms with Gasteiger partial charge in [-0.05, 0) is 24.6 Å². The monoisotopic (exact) mass is 309 g/mol.